The number of nitriles is 1. The van der Waals surface area contributed by atoms with Crippen molar-refractivity contribution in [2.45, 2.75) is 50.8 Å². The molecule has 2 heterocycles. The van der Waals surface area contributed by atoms with Gasteiger partial charge in [-0.25, -0.2) is 0 Å². The molecule has 0 radical (unpaired) electrons. The number of likely N-dealkylation sites (N-methyl/N-ethyl adjacent to an activating group) is 1. The van der Waals surface area contributed by atoms with Gasteiger partial charge in [0.05, 0.1) is 6.10 Å². The smallest absolute Gasteiger partial charge is 0.264 e. The average molecular weight is 424 g/mol. The van der Waals surface area contributed by atoms with E-state index < -0.39 is 0 Å². The number of aryl methyl sites for hydroxylation is 1. The molecule has 1 atom stereocenters. The monoisotopic (exact) mass is 423 g/mol. The molecule has 1 aromatic carbocycles. The Hall–Kier alpha value is -2.49. The first-order valence-electron chi connectivity index (χ1n) is 10.2. The van der Waals surface area contributed by atoms with Crippen LogP contribution in [0.25, 0.3) is 6.08 Å². The van der Waals surface area contributed by atoms with Crippen LogP contribution in [0.2, 0.25) is 0 Å². The van der Waals surface area contributed by atoms with Crippen LogP contribution in [-0.4, -0.2) is 41.4 Å². The maximum absolute atomic E-state index is 12.9. The van der Waals surface area contributed by atoms with Gasteiger partial charge < -0.3 is 14.2 Å². The number of benzene rings is 1. The first-order valence-corrected chi connectivity index (χ1v) is 11.4. The summed E-state index contributed by atoms with van der Waals surface area (Å²) in [5.41, 5.74) is 4.26. The number of hydrogen-bond acceptors (Lipinski definition) is 4. The Morgan fingerprint density at radius 1 is 1.37 bits per heavy atom. The van der Waals surface area contributed by atoms with Gasteiger partial charge in [0.2, 0.25) is 0 Å². The molecule has 1 fully saturated rings. The number of amides is 1. The molecular weight excluding hydrogens is 394 g/mol. The van der Waals surface area contributed by atoms with Crippen molar-refractivity contribution >= 4 is 23.7 Å². The molecule has 1 unspecified atom stereocenters. The fourth-order valence-corrected chi connectivity index (χ4v) is 4.23. The van der Waals surface area contributed by atoms with Crippen LogP contribution in [0.3, 0.4) is 0 Å². The van der Waals surface area contributed by atoms with Gasteiger partial charge in [-0.2, -0.15) is 5.26 Å². The Morgan fingerprint density at radius 2 is 2.10 bits per heavy atom. The van der Waals surface area contributed by atoms with E-state index in [0.29, 0.717) is 6.54 Å². The van der Waals surface area contributed by atoms with Gasteiger partial charge in [0.15, 0.2) is 0 Å². The molecule has 6 heteroatoms. The van der Waals surface area contributed by atoms with Gasteiger partial charge in [0, 0.05) is 43.0 Å². The predicted octanol–water partition coefficient (Wildman–Crippen LogP) is 4.57. The van der Waals surface area contributed by atoms with Crippen LogP contribution >= 0.6 is 11.8 Å². The molecule has 30 heavy (non-hydrogen) atoms. The van der Waals surface area contributed by atoms with Gasteiger partial charge in [0.25, 0.3) is 5.91 Å². The second kappa shape index (κ2) is 10.0. The largest absolute Gasteiger partial charge is 0.376 e. The third kappa shape index (κ3) is 5.16. The highest BCUT2D eigenvalue weighted by Gasteiger charge is 2.20. The number of ether oxygens (including phenoxy) is 1. The fourth-order valence-electron chi connectivity index (χ4n) is 3.83. The van der Waals surface area contributed by atoms with Crippen molar-refractivity contribution in [3.05, 3.63) is 58.4 Å². The highest BCUT2D eigenvalue weighted by molar-refractivity contribution is 7.98. The molecule has 0 spiro atoms. The summed E-state index contributed by atoms with van der Waals surface area (Å²) in [6.07, 6.45) is 6.17. The molecule has 5 nitrogen and oxygen atoms in total. The quantitative estimate of drug-likeness (QED) is 0.372. The van der Waals surface area contributed by atoms with E-state index in [4.69, 9.17) is 4.74 Å². The summed E-state index contributed by atoms with van der Waals surface area (Å²) in [5, 5.41) is 9.64. The fraction of sp³-hybridized carbons (Fsp3) is 0.417. The van der Waals surface area contributed by atoms with Crippen molar-refractivity contribution in [3.8, 4) is 6.07 Å². The van der Waals surface area contributed by atoms with Crippen LogP contribution in [0.15, 0.2) is 40.8 Å². The molecule has 0 aliphatic carbocycles. The zero-order chi connectivity index (χ0) is 21.7. The third-order valence-corrected chi connectivity index (χ3v) is 6.34. The van der Waals surface area contributed by atoms with Gasteiger partial charge in [0.1, 0.15) is 11.6 Å². The summed E-state index contributed by atoms with van der Waals surface area (Å²) >= 11 is 1.68. The van der Waals surface area contributed by atoms with E-state index in [1.807, 2.05) is 43.5 Å². The second-order valence-corrected chi connectivity index (χ2v) is 8.63. The molecule has 1 saturated heterocycles. The molecule has 1 aliphatic rings. The number of carbonyl (C=O) groups excluding carboxylic acids is 1. The average Bonchev–Trinajstić information content (AvgIpc) is 3.36. The Labute approximate surface area is 183 Å². The van der Waals surface area contributed by atoms with Crippen LogP contribution in [0, 0.1) is 25.2 Å². The number of aromatic nitrogens is 1. The third-order valence-electron chi connectivity index (χ3n) is 5.60. The molecule has 1 aliphatic heterocycles. The second-order valence-electron chi connectivity index (χ2n) is 7.75. The summed E-state index contributed by atoms with van der Waals surface area (Å²) in [6.45, 7) is 6.19. The molecule has 3 rings (SSSR count). The lowest BCUT2D eigenvalue weighted by Gasteiger charge is -2.17. The highest BCUT2D eigenvalue weighted by atomic mass is 32.2. The van der Waals surface area contributed by atoms with Gasteiger partial charge in [-0.1, -0.05) is 12.1 Å². The Morgan fingerprint density at radius 3 is 2.70 bits per heavy atom. The van der Waals surface area contributed by atoms with Gasteiger partial charge in [-0.3, -0.25) is 4.79 Å². The standard InChI is InChI=1S/C24H29N3O2S/c1-17-12-20(18(2)27(17)16-22-6-5-11-29-22)13-21(14-25)24(28)26(3)15-19-7-9-23(30-4)10-8-19/h7-10,12-13,22H,5-6,11,15-16H2,1-4H3/b21-13+. The summed E-state index contributed by atoms with van der Waals surface area (Å²) in [4.78, 5) is 15.7. The molecule has 0 bridgehead atoms. The predicted molar refractivity (Wildman–Crippen MR) is 121 cm³/mol. The van der Waals surface area contributed by atoms with E-state index in [1.54, 1.807) is 29.8 Å². The topological polar surface area (TPSA) is 58.3 Å². The van der Waals surface area contributed by atoms with Crippen molar-refractivity contribution in [2.75, 3.05) is 19.9 Å². The van der Waals surface area contributed by atoms with E-state index in [9.17, 15) is 10.1 Å². The summed E-state index contributed by atoms with van der Waals surface area (Å²) in [6, 6.07) is 12.3. The van der Waals surface area contributed by atoms with Crippen LogP contribution in [0.5, 0.6) is 0 Å². The minimum absolute atomic E-state index is 0.149. The van der Waals surface area contributed by atoms with Gasteiger partial charge >= 0.3 is 0 Å². The van der Waals surface area contributed by atoms with Crippen molar-refractivity contribution in [3.63, 3.8) is 0 Å². The molecule has 2 aromatic rings. The number of nitrogens with zero attached hydrogens (tertiary/aromatic N) is 3. The molecule has 158 valence electrons. The normalized spacial score (nSPS) is 16.5. The molecule has 1 amide bonds. The maximum atomic E-state index is 12.9. The summed E-state index contributed by atoms with van der Waals surface area (Å²) < 4.78 is 7.99. The van der Waals surface area contributed by atoms with Crippen molar-refractivity contribution in [1.29, 1.82) is 5.26 Å². The highest BCUT2D eigenvalue weighted by Crippen LogP contribution is 2.23. The summed E-state index contributed by atoms with van der Waals surface area (Å²) in [7, 11) is 1.73. The van der Waals surface area contributed by atoms with Crippen LogP contribution in [-0.2, 0) is 22.6 Å². The first-order chi connectivity index (χ1) is 14.4. The molecule has 0 N–H and O–H groups in total. The van der Waals surface area contributed by atoms with Crippen molar-refractivity contribution in [2.24, 2.45) is 0 Å². The lowest BCUT2D eigenvalue weighted by atomic mass is 10.1. The van der Waals surface area contributed by atoms with E-state index in [1.165, 1.54) is 4.90 Å². The van der Waals surface area contributed by atoms with Crippen LogP contribution in [0.4, 0.5) is 0 Å². The Kier molecular flexibility index (Phi) is 7.41. The zero-order valence-electron chi connectivity index (χ0n) is 18.1. The van der Waals surface area contributed by atoms with Crippen molar-refractivity contribution in [1.82, 2.24) is 9.47 Å². The van der Waals surface area contributed by atoms with E-state index in [0.717, 1.165) is 48.5 Å². The first kappa shape index (κ1) is 22.2. The van der Waals surface area contributed by atoms with Crippen molar-refractivity contribution < 1.29 is 9.53 Å². The number of hydrogen-bond donors (Lipinski definition) is 0. The molecule has 0 saturated carbocycles. The van der Waals surface area contributed by atoms with Gasteiger partial charge in [-0.05, 0) is 68.3 Å². The SMILES string of the molecule is CSc1ccc(CN(C)C(=O)/C(C#N)=C/c2cc(C)n(CC3CCCO3)c2C)cc1. The van der Waals surface area contributed by atoms with E-state index in [2.05, 4.69) is 17.6 Å². The summed E-state index contributed by atoms with van der Waals surface area (Å²) in [5.74, 6) is -0.268. The van der Waals surface area contributed by atoms with Gasteiger partial charge in [-0.15, -0.1) is 11.8 Å². The Bertz CT molecular complexity index is 964. The van der Waals surface area contributed by atoms with E-state index >= 15 is 0 Å². The number of carbonyl (C=O) groups is 1. The maximum Gasteiger partial charge on any atom is 0.264 e. The zero-order valence-corrected chi connectivity index (χ0v) is 19.0. The Balaban J connectivity index is 1.75. The van der Waals surface area contributed by atoms with E-state index in [-0.39, 0.29) is 17.6 Å². The minimum Gasteiger partial charge on any atom is -0.376 e. The lowest BCUT2D eigenvalue weighted by molar-refractivity contribution is -0.125. The minimum atomic E-state index is -0.268. The number of rotatable bonds is 7. The van der Waals surface area contributed by atoms with Crippen LogP contribution < -0.4 is 0 Å². The molecular formula is C24H29N3O2S. The number of thioether (sulfide) groups is 1. The van der Waals surface area contributed by atoms with Crippen LogP contribution in [0.1, 0.15) is 35.4 Å². The lowest BCUT2D eigenvalue weighted by Crippen LogP contribution is -2.27. The molecule has 1 aromatic heterocycles.